The van der Waals surface area contributed by atoms with E-state index in [1.807, 2.05) is 45.0 Å². The van der Waals surface area contributed by atoms with Crippen molar-refractivity contribution in [2.75, 3.05) is 17.1 Å². The van der Waals surface area contributed by atoms with E-state index in [4.69, 9.17) is 11.6 Å². The molecule has 0 aliphatic heterocycles. The number of nitrogens with zero attached hydrogens (tertiary/aromatic N) is 2. The maximum absolute atomic E-state index is 13.5. The van der Waals surface area contributed by atoms with Gasteiger partial charge >= 0.3 is 0 Å². The third-order valence-corrected chi connectivity index (χ3v) is 6.93. The van der Waals surface area contributed by atoms with Gasteiger partial charge in [0.1, 0.15) is 12.6 Å². The van der Waals surface area contributed by atoms with Gasteiger partial charge in [-0.1, -0.05) is 39.7 Å². The van der Waals surface area contributed by atoms with Gasteiger partial charge in [0.25, 0.3) is 0 Å². The number of nitrogens with one attached hydrogen (secondary N) is 1. The normalized spacial score (nSPS) is 12.7. The van der Waals surface area contributed by atoms with Crippen LogP contribution in [0.5, 0.6) is 0 Å². The first-order chi connectivity index (χ1) is 15.6. The topological polar surface area (TPSA) is 86.8 Å². The lowest BCUT2D eigenvalue weighted by Gasteiger charge is -2.33. The monoisotopic (exact) mass is 571 g/mol. The van der Waals surface area contributed by atoms with Crippen molar-refractivity contribution in [1.29, 1.82) is 0 Å². The highest BCUT2D eigenvalue weighted by Gasteiger charge is 2.31. The van der Waals surface area contributed by atoms with Gasteiger partial charge in [0, 0.05) is 21.6 Å². The molecule has 0 aliphatic carbocycles. The largest absolute Gasteiger partial charge is 0.350 e. The molecule has 0 aromatic heterocycles. The Hall–Kier alpha value is -2.10. The summed E-state index contributed by atoms with van der Waals surface area (Å²) in [6.45, 7) is 8.61. The fourth-order valence-electron chi connectivity index (χ4n) is 3.34. The van der Waals surface area contributed by atoms with E-state index >= 15 is 0 Å². The van der Waals surface area contributed by atoms with Crippen LogP contribution in [0.3, 0.4) is 0 Å². The minimum Gasteiger partial charge on any atom is -0.350 e. The summed E-state index contributed by atoms with van der Waals surface area (Å²) < 4.78 is 27.2. The summed E-state index contributed by atoms with van der Waals surface area (Å²) >= 11 is 9.42. The number of benzene rings is 2. The van der Waals surface area contributed by atoms with Crippen molar-refractivity contribution in [2.45, 2.75) is 52.7 Å². The zero-order valence-electron chi connectivity index (χ0n) is 20.2. The molecule has 0 bridgehead atoms. The highest BCUT2D eigenvalue weighted by Crippen LogP contribution is 2.26. The number of hydrogen-bond acceptors (Lipinski definition) is 4. The molecule has 2 aromatic carbocycles. The lowest BCUT2D eigenvalue weighted by Crippen LogP contribution is -2.54. The summed E-state index contributed by atoms with van der Waals surface area (Å²) in [5.74, 6) is -0.828. The summed E-state index contributed by atoms with van der Waals surface area (Å²) in [6, 6.07) is 11.3. The molecule has 0 unspecified atom stereocenters. The molecule has 0 saturated carbocycles. The molecule has 1 atom stereocenters. The molecule has 1 N–H and O–H groups in total. The molecule has 0 spiro atoms. The van der Waals surface area contributed by atoms with Gasteiger partial charge in [-0.05, 0) is 76.1 Å². The van der Waals surface area contributed by atoms with Crippen molar-refractivity contribution in [3.63, 3.8) is 0 Å². The van der Waals surface area contributed by atoms with Crippen molar-refractivity contribution in [3.05, 3.63) is 63.1 Å². The molecule has 0 radical (unpaired) electrons. The molecule has 2 aromatic rings. The maximum Gasteiger partial charge on any atom is 0.244 e. The van der Waals surface area contributed by atoms with Crippen LogP contribution in [0, 0.1) is 6.92 Å². The Balaban J connectivity index is 2.43. The Morgan fingerprint density at radius 3 is 2.21 bits per heavy atom. The van der Waals surface area contributed by atoms with Crippen LogP contribution in [0.2, 0.25) is 5.02 Å². The number of halogens is 2. The van der Waals surface area contributed by atoms with Crippen molar-refractivity contribution < 1.29 is 18.0 Å². The van der Waals surface area contributed by atoms with Crippen LogP contribution < -0.4 is 9.62 Å². The van der Waals surface area contributed by atoms with Crippen molar-refractivity contribution >= 4 is 55.1 Å². The molecule has 0 saturated heterocycles. The number of hydrogen-bond donors (Lipinski definition) is 1. The number of rotatable bonds is 8. The van der Waals surface area contributed by atoms with Gasteiger partial charge in [0.15, 0.2) is 0 Å². The summed E-state index contributed by atoms with van der Waals surface area (Å²) in [4.78, 5) is 27.9. The van der Waals surface area contributed by atoms with E-state index in [2.05, 4.69) is 21.2 Å². The summed E-state index contributed by atoms with van der Waals surface area (Å²) in [5, 5.41) is 3.36. The zero-order valence-corrected chi connectivity index (χ0v) is 23.4. The smallest absolute Gasteiger partial charge is 0.244 e. The summed E-state index contributed by atoms with van der Waals surface area (Å²) in [6.07, 6.45) is 1.04. The molecule has 34 heavy (non-hydrogen) atoms. The first-order valence-corrected chi connectivity index (χ1v) is 13.7. The van der Waals surface area contributed by atoms with Crippen molar-refractivity contribution in [1.82, 2.24) is 10.2 Å². The van der Waals surface area contributed by atoms with Gasteiger partial charge in [-0.15, -0.1) is 0 Å². The summed E-state index contributed by atoms with van der Waals surface area (Å²) in [7, 11) is -3.80. The fourth-order valence-corrected chi connectivity index (χ4v) is 4.73. The number of amides is 2. The molecule has 10 heteroatoms. The van der Waals surface area contributed by atoms with Crippen LogP contribution in [0.1, 0.15) is 38.8 Å². The van der Waals surface area contributed by atoms with Crippen LogP contribution in [0.4, 0.5) is 5.69 Å². The van der Waals surface area contributed by atoms with E-state index in [1.54, 1.807) is 32.0 Å². The Labute approximate surface area is 215 Å². The predicted octanol–water partition coefficient (Wildman–Crippen LogP) is 4.51. The van der Waals surface area contributed by atoms with Gasteiger partial charge in [-0.25, -0.2) is 8.42 Å². The highest BCUT2D eigenvalue weighted by atomic mass is 79.9. The highest BCUT2D eigenvalue weighted by molar-refractivity contribution is 9.10. The summed E-state index contributed by atoms with van der Waals surface area (Å²) in [5.41, 5.74) is 1.29. The molecule has 186 valence electrons. The van der Waals surface area contributed by atoms with Crippen LogP contribution >= 0.6 is 27.5 Å². The lowest BCUT2D eigenvalue weighted by atomic mass is 10.1. The Bertz CT molecular complexity index is 1150. The minimum absolute atomic E-state index is 0.141. The molecule has 0 heterocycles. The van der Waals surface area contributed by atoms with Crippen LogP contribution in [-0.4, -0.2) is 49.5 Å². The van der Waals surface area contributed by atoms with Gasteiger partial charge in [0.2, 0.25) is 21.8 Å². The molecule has 0 aliphatic rings. The number of sulfonamides is 1. The first kappa shape index (κ1) is 28.1. The minimum atomic E-state index is -3.80. The second-order valence-corrected chi connectivity index (χ2v) is 12.5. The van der Waals surface area contributed by atoms with Crippen molar-refractivity contribution in [2.24, 2.45) is 0 Å². The van der Waals surface area contributed by atoms with Crippen molar-refractivity contribution in [3.8, 4) is 0 Å². The number of aryl methyl sites for hydroxylation is 1. The first-order valence-electron chi connectivity index (χ1n) is 10.7. The third kappa shape index (κ3) is 7.99. The molecular formula is C24H31BrClN3O4S. The number of anilines is 1. The average Bonchev–Trinajstić information content (AvgIpc) is 2.69. The molecule has 7 nitrogen and oxygen atoms in total. The second kappa shape index (κ2) is 11.1. The quantitative estimate of drug-likeness (QED) is 0.504. The average molecular weight is 573 g/mol. The van der Waals surface area contributed by atoms with E-state index in [0.29, 0.717) is 16.3 Å². The lowest BCUT2D eigenvalue weighted by molar-refractivity contribution is -0.140. The zero-order chi connectivity index (χ0) is 25.8. The van der Waals surface area contributed by atoms with E-state index < -0.39 is 34.1 Å². The van der Waals surface area contributed by atoms with E-state index in [0.717, 1.165) is 20.6 Å². The number of carbonyl (C=O) groups excluding carboxylic acids is 2. The van der Waals surface area contributed by atoms with Gasteiger partial charge < -0.3 is 10.2 Å². The fraction of sp³-hybridized carbons (Fsp3) is 0.417. The van der Waals surface area contributed by atoms with E-state index in [9.17, 15) is 18.0 Å². The van der Waals surface area contributed by atoms with Gasteiger partial charge in [-0.2, -0.15) is 0 Å². The molecular weight excluding hydrogens is 542 g/mol. The van der Waals surface area contributed by atoms with Gasteiger partial charge in [0.05, 0.1) is 11.9 Å². The van der Waals surface area contributed by atoms with Gasteiger partial charge in [-0.3, -0.25) is 13.9 Å². The molecule has 2 rings (SSSR count). The van der Waals surface area contributed by atoms with Crippen LogP contribution in [0.15, 0.2) is 46.9 Å². The third-order valence-electron chi connectivity index (χ3n) is 5.04. The Kier molecular flexibility index (Phi) is 9.18. The standard InChI is InChI=1S/C24H31BrClN3O4S/c1-16-13-20(26)11-12-21(16)29(34(6,32)33)15-22(30)28(14-18-7-9-19(25)10-8-18)17(2)23(31)27-24(3,4)5/h7-13,17H,14-15H2,1-6H3,(H,27,31)/t17-/m0/s1. The maximum atomic E-state index is 13.5. The Morgan fingerprint density at radius 1 is 1.12 bits per heavy atom. The molecule has 0 fully saturated rings. The van der Waals surface area contributed by atoms with Crippen LogP contribution in [0.25, 0.3) is 0 Å². The number of carbonyl (C=O) groups is 2. The van der Waals surface area contributed by atoms with E-state index in [1.165, 1.54) is 4.90 Å². The SMILES string of the molecule is Cc1cc(Cl)ccc1N(CC(=O)N(Cc1ccc(Br)cc1)[C@@H](C)C(=O)NC(C)(C)C)S(C)(=O)=O. The van der Waals surface area contributed by atoms with E-state index in [-0.39, 0.29) is 12.5 Å². The van der Waals surface area contributed by atoms with Crippen LogP contribution in [-0.2, 0) is 26.2 Å². The predicted molar refractivity (Wildman–Crippen MR) is 140 cm³/mol. The Morgan fingerprint density at radius 2 is 1.71 bits per heavy atom. The second-order valence-electron chi connectivity index (χ2n) is 9.26. The molecule has 2 amide bonds.